The van der Waals surface area contributed by atoms with Crippen LogP contribution in [0.15, 0.2) is 11.6 Å². The molecule has 0 radical (unpaired) electrons. The molecule has 0 aromatic carbocycles. The maximum absolute atomic E-state index is 4.63. The van der Waals surface area contributed by atoms with Crippen molar-refractivity contribution < 1.29 is 0 Å². The Kier molecular flexibility index (Phi) is 4.12. The van der Waals surface area contributed by atoms with Crippen LogP contribution in [0.1, 0.15) is 37.7 Å². The van der Waals surface area contributed by atoms with Gasteiger partial charge in [-0.2, -0.15) is 0 Å². The third-order valence-corrected chi connectivity index (χ3v) is 4.43. The van der Waals surface area contributed by atoms with Crippen molar-refractivity contribution in [3.05, 3.63) is 23.1 Å². The summed E-state index contributed by atoms with van der Waals surface area (Å²) >= 11 is 1.46. The number of aryl methyl sites for hydroxylation is 1. The summed E-state index contributed by atoms with van der Waals surface area (Å²) in [5.41, 5.74) is 2.83. The number of anilines is 2. The molecule has 21 heavy (non-hydrogen) atoms. The lowest BCUT2D eigenvalue weighted by Crippen LogP contribution is -2.28. The fourth-order valence-electron chi connectivity index (χ4n) is 2.70. The van der Waals surface area contributed by atoms with E-state index in [0.717, 1.165) is 42.0 Å². The summed E-state index contributed by atoms with van der Waals surface area (Å²) in [5.74, 6) is 2.09. The number of nitrogens with one attached hydrogen (secondary N) is 1. The van der Waals surface area contributed by atoms with Crippen LogP contribution in [0.2, 0.25) is 0 Å². The SMILES string of the molecule is Cc1nc(Nc2nncs2)cc(C2CCN(C(C)C)C2)n1. The molecule has 3 rings (SSSR count). The van der Waals surface area contributed by atoms with Crippen molar-refractivity contribution in [1.82, 2.24) is 25.1 Å². The molecule has 7 heteroatoms. The lowest BCUT2D eigenvalue weighted by Gasteiger charge is -2.20. The van der Waals surface area contributed by atoms with E-state index >= 15 is 0 Å². The number of aromatic nitrogens is 4. The Hall–Kier alpha value is -1.60. The van der Waals surface area contributed by atoms with E-state index < -0.39 is 0 Å². The van der Waals surface area contributed by atoms with Gasteiger partial charge in [0.05, 0.1) is 5.69 Å². The highest BCUT2D eigenvalue weighted by atomic mass is 32.1. The molecule has 112 valence electrons. The van der Waals surface area contributed by atoms with E-state index in [0.29, 0.717) is 12.0 Å². The standard InChI is InChI=1S/C14H20N6S/c1-9(2)20-5-4-11(7-20)12-6-13(17-10(3)16-12)18-14-19-15-8-21-14/h6,8-9,11H,4-5,7H2,1-3H3,(H,16,17,18,19). The van der Waals surface area contributed by atoms with E-state index in [1.807, 2.05) is 13.0 Å². The molecule has 2 aromatic rings. The molecule has 1 aliphatic heterocycles. The Balaban J connectivity index is 1.78. The zero-order chi connectivity index (χ0) is 14.8. The lowest BCUT2D eigenvalue weighted by molar-refractivity contribution is 0.272. The first-order valence-electron chi connectivity index (χ1n) is 7.24. The first kappa shape index (κ1) is 14.3. The highest BCUT2D eigenvalue weighted by Gasteiger charge is 2.26. The van der Waals surface area contributed by atoms with Gasteiger partial charge in [0, 0.05) is 24.6 Å². The Labute approximate surface area is 128 Å². The number of hydrogen-bond acceptors (Lipinski definition) is 7. The molecule has 1 unspecified atom stereocenters. The van der Waals surface area contributed by atoms with E-state index in [2.05, 4.69) is 44.2 Å². The van der Waals surface area contributed by atoms with Gasteiger partial charge in [0.15, 0.2) is 0 Å². The Bertz CT molecular complexity index is 598. The predicted octanol–water partition coefficient (Wildman–Crippen LogP) is 2.58. The second kappa shape index (κ2) is 6.03. The van der Waals surface area contributed by atoms with Gasteiger partial charge in [-0.3, -0.25) is 0 Å². The molecule has 0 aliphatic carbocycles. The molecule has 0 saturated carbocycles. The van der Waals surface area contributed by atoms with Crippen LogP contribution >= 0.6 is 11.3 Å². The number of hydrogen-bond donors (Lipinski definition) is 1. The minimum Gasteiger partial charge on any atom is -0.315 e. The molecular formula is C14H20N6S. The normalized spacial score (nSPS) is 19.3. The average Bonchev–Trinajstić information content (AvgIpc) is 3.08. The van der Waals surface area contributed by atoms with Crippen molar-refractivity contribution >= 4 is 22.3 Å². The van der Waals surface area contributed by atoms with Gasteiger partial charge in [0.25, 0.3) is 0 Å². The quantitative estimate of drug-likeness (QED) is 0.936. The second-order valence-electron chi connectivity index (χ2n) is 5.67. The van der Waals surface area contributed by atoms with Crippen molar-refractivity contribution in [2.45, 2.75) is 39.2 Å². The van der Waals surface area contributed by atoms with Gasteiger partial charge < -0.3 is 10.2 Å². The lowest BCUT2D eigenvalue weighted by atomic mass is 10.0. The number of nitrogens with zero attached hydrogens (tertiary/aromatic N) is 5. The van der Waals surface area contributed by atoms with Crippen LogP contribution in [-0.4, -0.2) is 44.2 Å². The largest absolute Gasteiger partial charge is 0.315 e. The molecule has 3 heterocycles. The maximum atomic E-state index is 4.63. The summed E-state index contributed by atoms with van der Waals surface area (Å²) in [6.07, 6.45) is 1.16. The molecule has 1 aliphatic rings. The van der Waals surface area contributed by atoms with Gasteiger partial charge >= 0.3 is 0 Å². The third-order valence-electron chi connectivity index (χ3n) is 3.82. The summed E-state index contributed by atoms with van der Waals surface area (Å²) in [5, 5.41) is 11.8. The first-order valence-corrected chi connectivity index (χ1v) is 8.12. The smallest absolute Gasteiger partial charge is 0.210 e. The minimum absolute atomic E-state index is 0.490. The molecule has 1 atom stereocenters. The maximum Gasteiger partial charge on any atom is 0.210 e. The third kappa shape index (κ3) is 3.36. The molecule has 2 aromatic heterocycles. The van der Waals surface area contributed by atoms with Crippen molar-refractivity contribution in [3.8, 4) is 0 Å². The van der Waals surface area contributed by atoms with E-state index in [1.54, 1.807) is 5.51 Å². The molecule has 6 nitrogen and oxygen atoms in total. The Morgan fingerprint density at radius 2 is 2.24 bits per heavy atom. The number of likely N-dealkylation sites (tertiary alicyclic amines) is 1. The van der Waals surface area contributed by atoms with Crippen LogP contribution in [0, 0.1) is 6.92 Å². The molecule has 0 spiro atoms. The van der Waals surface area contributed by atoms with Crippen molar-refractivity contribution in [3.63, 3.8) is 0 Å². The van der Waals surface area contributed by atoms with Crippen LogP contribution in [0.5, 0.6) is 0 Å². The molecule has 0 bridgehead atoms. The van der Waals surface area contributed by atoms with Gasteiger partial charge in [0.2, 0.25) is 5.13 Å². The van der Waals surface area contributed by atoms with E-state index in [-0.39, 0.29) is 0 Å². The summed E-state index contributed by atoms with van der Waals surface area (Å²) in [7, 11) is 0. The van der Waals surface area contributed by atoms with Crippen LogP contribution in [-0.2, 0) is 0 Å². The molecule has 1 saturated heterocycles. The fraction of sp³-hybridized carbons (Fsp3) is 0.571. The molecular weight excluding hydrogens is 284 g/mol. The van der Waals surface area contributed by atoms with Crippen molar-refractivity contribution in [1.29, 1.82) is 0 Å². The van der Waals surface area contributed by atoms with E-state index in [4.69, 9.17) is 0 Å². The zero-order valence-corrected chi connectivity index (χ0v) is 13.4. The molecule has 1 fully saturated rings. The zero-order valence-electron chi connectivity index (χ0n) is 12.6. The Morgan fingerprint density at radius 3 is 2.90 bits per heavy atom. The van der Waals surface area contributed by atoms with Gasteiger partial charge in [-0.15, -0.1) is 10.2 Å². The van der Waals surface area contributed by atoms with Crippen LogP contribution in [0.25, 0.3) is 0 Å². The molecule has 1 N–H and O–H groups in total. The van der Waals surface area contributed by atoms with Gasteiger partial charge in [-0.1, -0.05) is 11.3 Å². The first-order chi connectivity index (χ1) is 10.1. The van der Waals surface area contributed by atoms with Gasteiger partial charge in [-0.05, 0) is 33.7 Å². The van der Waals surface area contributed by atoms with Crippen molar-refractivity contribution in [2.24, 2.45) is 0 Å². The van der Waals surface area contributed by atoms with Crippen LogP contribution in [0.3, 0.4) is 0 Å². The molecule has 0 amide bonds. The predicted molar refractivity (Wildman–Crippen MR) is 84.0 cm³/mol. The summed E-state index contributed by atoms with van der Waals surface area (Å²) < 4.78 is 0. The number of rotatable bonds is 4. The summed E-state index contributed by atoms with van der Waals surface area (Å²) in [4.78, 5) is 11.6. The minimum atomic E-state index is 0.490. The topological polar surface area (TPSA) is 66.8 Å². The van der Waals surface area contributed by atoms with Crippen LogP contribution in [0.4, 0.5) is 10.9 Å². The van der Waals surface area contributed by atoms with Crippen molar-refractivity contribution in [2.75, 3.05) is 18.4 Å². The monoisotopic (exact) mass is 304 g/mol. The van der Waals surface area contributed by atoms with E-state index in [9.17, 15) is 0 Å². The summed E-state index contributed by atoms with van der Waals surface area (Å²) in [6.45, 7) is 8.65. The summed E-state index contributed by atoms with van der Waals surface area (Å²) in [6, 6.07) is 2.64. The highest BCUT2D eigenvalue weighted by molar-refractivity contribution is 7.13. The second-order valence-corrected chi connectivity index (χ2v) is 6.50. The highest BCUT2D eigenvalue weighted by Crippen LogP contribution is 2.28. The average molecular weight is 304 g/mol. The van der Waals surface area contributed by atoms with Crippen LogP contribution < -0.4 is 5.32 Å². The van der Waals surface area contributed by atoms with Gasteiger partial charge in [-0.25, -0.2) is 9.97 Å². The fourth-order valence-corrected chi connectivity index (χ4v) is 3.15. The van der Waals surface area contributed by atoms with Gasteiger partial charge in [0.1, 0.15) is 17.2 Å². The van der Waals surface area contributed by atoms with E-state index in [1.165, 1.54) is 11.3 Å². The Morgan fingerprint density at radius 1 is 1.38 bits per heavy atom.